The van der Waals surface area contributed by atoms with Crippen LogP contribution in [0.3, 0.4) is 0 Å². The van der Waals surface area contributed by atoms with E-state index < -0.39 is 16.9 Å². The zero-order chi connectivity index (χ0) is 14.7. The Kier molecular flexibility index (Phi) is 3.83. The second-order valence-corrected chi connectivity index (χ2v) is 3.97. The molecule has 0 aliphatic carbocycles. The van der Waals surface area contributed by atoms with Crippen molar-refractivity contribution in [2.75, 3.05) is 13.2 Å². The van der Waals surface area contributed by atoms with Crippen LogP contribution in [0.5, 0.6) is 5.75 Å². The van der Waals surface area contributed by atoms with Gasteiger partial charge in [0.1, 0.15) is 6.61 Å². The van der Waals surface area contributed by atoms with Gasteiger partial charge in [-0.15, -0.1) is 0 Å². The lowest BCUT2D eigenvalue weighted by molar-refractivity contribution is -0.385. The summed E-state index contributed by atoms with van der Waals surface area (Å²) in [6, 6.07) is 3.27. The molecule has 8 nitrogen and oxygen atoms in total. The Hall–Kier alpha value is -2.64. The van der Waals surface area contributed by atoms with Crippen LogP contribution >= 0.6 is 0 Å². The second kappa shape index (κ2) is 5.55. The molecule has 0 saturated carbocycles. The van der Waals surface area contributed by atoms with Crippen molar-refractivity contribution in [2.24, 2.45) is 4.99 Å². The van der Waals surface area contributed by atoms with Crippen molar-refractivity contribution < 1.29 is 24.3 Å². The molecule has 1 unspecified atom stereocenters. The molecule has 1 aromatic carbocycles. The average molecular weight is 280 g/mol. The van der Waals surface area contributed by atoms with Crippen LogP contribution in [0, 0.1) is 10.1 Å². The van der Waals surface area contributed by atoms with Gasteiger partial charge in [0.25, 0.3) is 0 Å². The first-order valence-electron chi connectivity index (χ1n) is 5.88. The third-order valence-electron chi connectivity index (χ3n) is 2.64. The van der Waals surface area contributed by atoms with Gasteiger partial charge in [0.05, 0.1) is 11.5 Å². The number of carboxylic acids is 1. The SMILES string of the molecule is CCOc1ccc(C2=NC(C(=O)O)CO2)cc1[N+](=O)[O-]. The molecule has 20 heavy (non-hydrogen) atoms. The molecule has 1 heterocycles. The summed E-state index contributed by atoms with van der Waals surface area (Å²) >= 11 is 0. The highest BCUT2D eigenvalue weighted by Gasteiger charge is 2.27. The minimum atomic E-state index is -1.10. The van der Waals surface area contributed by atoms with E-state index in [1.807, 2.05) is 0 Å². The van der Waals surface area contributed by atoms with Crippen molar-refractivity contribution >= 4 is 17.6 Å². The molecule has 2 rings (SSSR count). The largest absolute Gasteiger partial charge is 0.487 e. The van der Waals surface area contributed by atoms with Gasteiger partial charge in [-0.05, 0) is 19.1 Å². The van der Waals surface area contributed by atoms with E-state index in [1.54, 1.807) is 13.0 Å². The highest BCUT2D eigenvalue weighted by atomic mass is 16.6. The number of aliphatic imine (C=N–C) groups is 1. The summed E-state index contributed by atoms with van der Waals surface area (Å²) in [7, 11) is 0. The zero-order valence-electron chi connectivity index (χ0n) is 10.6. The molecule has 1 aliphatic rings. The quantitative estimate of drug-likeness (QED) is 0.641. The highest BCUT2D eigenvalue weighted by Crippen LogP contribution is 2.29. The van der Waals surface area contributed by atoms with Gasteiger partial charge in [-0.3, -0.25) is 10.1 Å². The topological polar surface area (TPSA) is 111 Å². The molecule has 0 spiro atoms. The van der Waals surface area contributed by atoms with Gasteiger partial charge in [0.15, 0.2) is 11.8 Å². The number of hydrogen-bond acceptors (Lipinski definition) is 6. The van der Waals surface area contributed by atoms with Crippen LogP contribution in [0.15, 0.2) is 23.2 Å². The Bertz CT molecular complexity index is 583. The number of carbonyl (C=O) groups is 1. The predicted octanol–water partition coefficient (Wildman–Crippen LogP) is 1.22. The monoisotopic (exact) mass is 280 g/mol. The number of nitro groups is 1. The minimum Gasteiger partial charge on any atom is -0.487 e. The van der Waals surface area contributed by atoms with E-state index in [0.29, 0.717) is 12.2 Å². The summed E-state index contributed by atoms with van der Waals surface area (Å²) in [5.74, 6) is -0.862. The summed E-state index contributed by atoms with van der Waals surface area (Å²) in [5, 5.41) is 19.8. The first-order valence-corrected chi connectivity index (χ1v) is 5.88. The summed E-state index contributed by atoms with van der Waals surface area (Å²) in [5.41, 5.74) is 0.137. The maximum atomic E-state index is 11.0. The maximum absolute atomic E-state index is 11.0. The smallest absolute Gasteiger partial charge is 0.332 e. The van der Waals surface area contributed by atoms with Crippen LogP contribution in [-0.2, 0) is 9.53 Å². The third-order valence-corrected chi connectivity index (χ3v) is 2.64. The molecular formula is C12H12N2O6. The van der Waals surface area contributed by atoms with Crippen molar-refractivity contribution in [3.05, 3.63) is 33.9 Å². The Morgan fingerprint density at radius 2 is 2.40 bits per heavy atom. The number of rotatable bonds is 5. The van der Waals surface area contributed by atoms with Crippen molar-refractivity contribution in [1.29, 1.82) is 0 Å². The average Bonchev–Trinajstić information content (AvgIpc) is 2.89. The van der Waals surface area contributed by atoms with Crippen molar-refractivity contribution in [1.82, 2.24) is 0 Å². The van der Waals surface area contributed by atoms with Crippen LogP contribution in [-0.4, -0.2) is 41.2 Å². The molecule has 0 fully saturated rings. The van der Waals surface area contributed by atoms with E-state index >= 15 is 0 Å². The normalized spacial score (nSPS) is 17.2. The third kappa shape index (κ3) is 2.68. The summed E-state index contributed by atoms with van der Waals surface area (Å²) in [6.07, 6.45) is 0. The predicted molar refractivity (Wildman–Crippen MR) is 68.2 cm³/mol. The number of nitrogens with zero attached hydrogens (tertiary/aromatic N) is 2. The fraction of sp³-hybridized carbons (Fsp3) is 0.333. The lowest BCUT2D eigenvalue weighted by atomic mass is 10.2. The van der Waals surface area contributed by atoms with Gasteiger partial charge < -0.3 is 14.6 Å². The van der Waals surface area contributed by atoms with E-state index in [4.69, 9.17) is 14.6 Å². The van der Waals surface area contributed by atoms with Gasteiger partial charge in [0.2, 0.25) is 5.90 Å². The molecule has 0 aromatic heterocycles. The van der Waals surface area contributed by atoms with Gasteiger partial charge in [-0.1, -0.05) is 0 Å². The van der Waals surface area contributed by atoms with Gasteiger partial charge in [-0.2, -0.15) is 0 Å². The molecular weight excluding hydrogens is 268 g/mol. The number of carboxylic acid groups (broad SMARTS) is 1. The minimum absolute atomic E-state index is 0.0777. The fourth-order valence-corrected chi connectivity index (χ4v) is 1.73. The zero-order valence-corrected chi connectivity index (χ0v) is 10.6. The molecule has 0 saturated heterocycles. The molecule has 0 amide bonds. The Morgan fingerprint density at radius 1 is 1.65 bits per heavy atom. The van der Waals surface area contributed by atoms with Crippen LogP contribution in [0.25, 0.3) is 0 Å². The van der Waals surface area contributed by atoms with Gasteiger partial charge in [-0.25, -0.2) is 9.79 Å². The number of benzene rings is 1. The number of ether oxygens (including phenoxy) is 2. The van der Waals surface area contributed by atoms with Crippen LogP contribution < -0.4 is 4.74 Å². The van der Waals surface area contributed by atoms with Crippen LogP contribution in [0.2, 0.25) is 0 Å². The first kappa shape index (κ1) is 13.8. The molecule has 106 valence electrons. The standard InChI is InChI=1S/C12H12N2O6/c1-2-19-10-4-3-7(5-9(10)14(17)18)11-13-8(6-20-11)12(15)16/h3-5,8H,2,6H2,1H3,(H,15,16). The van der Waals surface area contributed by atoms with E-state index in [9.17, 15) is 14.9 Å². The number of aliphatic carboxylic acids is 1. The first-order chi connectivity index (χ1) is 9.52. The Morgan fingerprint density at radius 3 is 2.95 bits per heavy atom. The molecule has 8 heteroatoms. The van der Waals surface area contributed by atoms with Crippen molar-refractivity contribution in [3.63, 3.8) is 0 Å². The lowest BCUT2D eigenvalue weighted by Gasteiger charge is -2.06. The highest BCUT2D eigenvalue weighted by molar-refractivity contribution is 5.98. The number of hydrogen-bond donors (Lipinski definition) is 1. The second-order valence-electron chi connectivity index (χ2n) is 3.97. The Balaban J connectivity index is 2.35. The maximum Gasteiger partial charge on any atom is 0.332 e. The summed E-state index contributed by atoms with van der Waals surface area (Å²) in [4.78, 5) is 25.1. The molecule has 0 radical (unpaired) electrons. The van der Waals surface area contributed by atoms with E-state index in [2.05, 4.69) is 4.99 Å². The Labute approximate surface area is 113 Å². The van der Waals surface area contributed by atoms with Crippen LogP contribution in [0.4, 0.5) is 5.69 Å². The summed E-state index contributed by atoms with van der Waals surface area (Å²) in [6.45, 7) is 1.95. The van der Waals surface area contributed by atoms with E-state index in [1.165, 1.54) is 12.1 Å². The summed E-state index contributed by atoms with van der Waals surface area (Å²) < 4.78 is 10.3. The lowest BCUT2D eigenvalue weighted by Crippen LogP contribution is -2.18. The van der Waals surface area contributed by atoms with Crippen molar-refractivity contribution in [2.45, 2.75) is 13.0 Å². The molecule has 1 N–H and O–H groups in total. The molecule has 1 atom stereocenters. The van der Waals surface area contributed by atoms with Gasteiger partial charge >= 0.3 is 11.7 Å². The van der Waals surface area contributed by atoms with E-state index in [-0.39, 0.29) is 23.9 Å². The fourth-order valence-electron chi connectivity index (χ4n) is 1.73. The molecule has 0 bridgehead atoms. The van der Waals surface area contributed by atoms with Crippen LogP contribution in [0.1, 0.15) is 12.5 Å². The molecule has 1 aromatic rings. The molecule has 1 aliphatic heterocycles. The van der Waals surface area contributed by atoms with E-state index in [0.717, 1.165) is 0 Å². The van der Waals surface area contributed by atoms with Crippen molar-refractivity contribution in [3.8, 4) is 5.75 Å². The number of nitro benzene ring substituents is 1. The van der Waals surface area contributed by atoms with Gasteiger partial charge in [0, 0.05) is 11.6 Å².